The third-order valence-corrected chi connectivity index (χ3v) is 7.41. The third kappa shape index (κ3) is 3.32. The van der Waals surface area contributed by atoms with E-state index in [1.807, 2.05) is 55.5 Å². The molecule has 2 aromatic carbocycles. The van der Waals surface area contributed by atoms with E-state index in [-0.39, 0.29) is 37.1 Å². The first kappa shape index (κ1) is 22.3. The molecule has 1 spiro atoms. The number of carbonyl (C=O) groups excluding carboxylic acids is 3. The van der Waals surface area contributed by atoms with Gasteiger partial charge >= 0.3 is 5.97 Å². The number of benzene rings is 2. The number of nitrogens with zero attached hydrogens (tertiary/aromatic N) is 1. The van der Waals surface area contributed by atoms with Gasteiger partial charge < -0.3 is 10.4 Å². The SMILES string of the molecule is CCc1ccc2c(c1)[C@@]1(N[C@@H](CCC(=O)O)[C@H]3C(=O)N(CCc4ccccc4)C(=O)[C@@H]31)C(=O)N2. The minimum Gasteiger partial charge on any atom is -0.481 e. The molecule has 8 nitrogen and oxygen atoms in total. The van der Waals surface area contributed by atoms with E-state index in [9.17, 15) is 24.3 Å². The Morgan fingerprint density at radius 2 is 1.82 bits per heavy atom. The van der Waals surface area contributed by atoms with Crippen LogP contribution < -0.4 is 10.6 Å². The Bertz CT molecular complexity index is 1180. The van der Waals surface area contributed by atoms with Crippen LogP contribution in [0.3, 0.4) is 0 Å². The number of nitrogens with one attached hydrogen (secondary N) is 2. The van der Waals surface area contributed by atoms with Gasteiger partial charge in [-0.1, -0.05) is 49.4 Å². The van der Waals surface area contributed by atoms with Crippen LogP contribution >= 0.6 is 0 Å². The predicted octanol–water partition coefficient (Wildman–Crippen LogP) is 2.08. The second kappa shape index (κ2) is 8.36. The molecule has 0 unspecified atom stereocenters. The lowest BCUT2D eigenvalue weighted by atomic mass is 9.76. The topological polar surface area (TPSA) is 116 Å². The molecule has 0 aromatic heterocycles. The average molecular weight is 462 g/mol. The van der Waals surface area contributed by atoms with Gasteiger partial charge in [0.05, 0.1) is 11.8 Å². The van der Waals surface area contributed by atoms with Crippen molar-refractivity contribution in [1.29, 1.82) is 0 Å². The maximum Gasteiger partial charge on any atom is 0.303 e. The summed E-state index contributed by atoms with van der Waals surface area (Å²) in [7, 11) is 0. The highest BCUT2D eigenvalue weighted by Crippen LogP contribution is 2.53. The summed E-state index contributed by atoms with van der Waals surface area (Å²) >= 11 is 0. The van der Waals surface area contributed by atoms with Crippen molar-refractivity contribution in [1.82, 2.24) is 10.2 Å². The maximum atomic E-state index is 13.7. The Morgan fingerprint density at radius 1 is 1.06 bits per heavy atom. The first-order valence-electron chi connectivity index (χ1n) is 11.7. The summed E-state index contributed by atoms with van der Waals surface area (Å²) in [5.41, 5.74) is 1.92. The smallest absolute Gasteiger partial charge is 0.303 e. The highest BCUT2D eigenvalue weighted by molar-refractivity contribution is 6.15. The molecule has 4 atom stereocenters. The van der Waals surface area contributed by atoms with Crippen molar-refractivity contribution in [3.8, 4) is 0 Å². The summed E-state index contributed by atoms with van der Waals surface area (Å²) in [6, 6.07) is 14.7. The molecular weight excluding hydrogens is 434 g/mol. The number of hydrogen-bond donors (Lipinski definition) is 3. The highest BCUT2D eigenvalue weighted by Gasteiger charge is 2.70. The van der Waals surface area contributed by atoms with Crippen molar-refractivity contribution in [3.63, 3.8) is 0 Å². The zero-order valence-corrected chi connectivity index (χ0v) is 18.9. The molecule has 176 valence electrons. The lowest BCUT2D eigenvalue weighted by molar-refractivity contribution is -0.143. The zero-order valence-electron chi connectivity index (χ0n) is 18.9. The number of aliphatic carboxylic acids is 1. The van der Waals surface area contributed by atoms with Crippen molar-refractivity contribution in [2.24, 2.45) is 11.8 Å². The van der Waals surface area contributed by atoms with Crippen LogP contribution in [0.15, 0.2) is 48.5 Å². The van der Waals surface area contributed by atoms with Gasteiger partial charge in [-0.05, 0) is 36.5 Å². The normalized spacial score (nSPS) is 27.3. The van der Waals surface area contributed by atoms with Gasteiger partial charge in [0.1, 0.15) is 5.54 Å². The number of fused-ring (bicyclic) bond motifs is 4. The van der Waals surface area contributed by atoms with Gasteiger partial charge in [0.15, 0.2) is 0 Å². The third-order valence-electron chi connectivity index (χ3n) is 7.41. The van der Waals surface area contributed by atoms with Gasteiger partial charge in [0, 0.05) is 30.3 Å². The van der Waals surface area contributed by atoms with Gasteiger partial charge in [-0.3, -0.25) is 29.4 Å². The van der Waals surface area contributed by atoms with E-state index in [0.29, 0.717) is 17.7 Å². The number of likely N-dealkylation sites (tertiary alicyclic amines) is 1. The average Bonchev–Trinajstić information content (AvgIpc) is 3.41. The molecule has 0 saturated carbocycles. The van der Waals surface area contributed by atoms with Gasteiger partial charge in [-0.25, -0.2) is 0 Å². The molecule has 0 radical (unpaired) electrons. The van der Waals surface area contributed by atoms with E-state index in [1.54, 1.807) is 0 Å². The van der Waals surface area contributed by atoms with Crippen LogP contribution in [0.5, 0.6) is 0 Å². The first-order valence-corrected chi connectivity index (χ1v) is 11.7. The van der Waals surface area contributed by atoms with Gasteiger partial charge in [-0.15, -0.1) is 0 Å². The van der Waals surface area contributed by atoms with Crippen molar-refractivity contribution in [2.75, 3.05) is 11.9 Å². The Labute approximate surface area is 197 Å². The van der Waals surface area contributed by atoms with Gasteiger partial charge in [0.25, 0.3) is 0 Å². The number of imide groups is 1. The van der Waals surface area contributed by atoms with Crippen LogP contribution in [0.2, 0.25) is 0 Å². The van der Waals surface area contributed by atoms with E-state index in [1.165, 1.54) is 4.90 Å². The largest absolute Gasteiger partial charge is 0.481 e. The number of carboxylic acid groups (broad SMARTS) is 1. The molecule has 2 saturated heterocycles. The second-order valence-corrected chi connectivity index (χ2v) is 9.25. The van der Waals surface area contributed by atoms with Crippen LogP contribution in [0.1, 0.15) is 36.5 Å². The lowest BCUT2D eigenvalue weighted by Gasteiger charge is -2.29. The molecule has 8 heteroatoms. The number of rotatable bonds is 7. The second-order valence-electron chi connectivity index (χ2n) is 9.25. The van der Waals surface area contributed by atoms with Crippen molar-refractivity contribution in [3.05, 3.63) is 65.2 Å². The summed E-state index contributed by atoms with van der Waals surface area (Å²) in [5, 5.41) is 15.4. The Hall–Kier alpha value is -3.52. The summed E-state index contributed by atoms with van der Waals surface area (Å²) in [6.07, 6.45) is 1.26. The van der Waals surface area contributed by atoms with Crippen molar-refractivity contribution >= 4 is 29.4 Å². The number of carboxylic acids is 1. The molecule has 0 bridgehead atoms. The highest BCUT2D eigenvalue weighted by atomic mass is 16.4. The molecule has 2 fully saturated rings. The van der Waals surface area contributed by atoms with Crippen LogP contribution in [-0.4, -0.2) is 46.3 Å². The number of carbonyl (C=O) groups is 4. The fourth-order valence-corrected chi connectivity index (χ4v) is 5.76. The molecule has 3 aliphatic heterocycles. The van der Waals surface area contributed by atoms with Crippen molar-refractivity contribution in [2.45, 2.75) is 44.2 Å². The quantitative estimate of drug-likeness (QED) is 0.544. The summed E-state index contributed by atoms with van der Waals surface area (Å²) in [4.78, 5) is 53.3. The fraction of sp³-hybridized carbons (Fsp3) is 0.385. The molecule has 2 aromatic rings. The first-order chi connectivity index (χ1) is 16.4. The lowest BCUT2D eigenvalue weighted by Crippen LogP contribution is -2.53. The van der Waals surface area contributed by atoms with Crippen LogP contribution in [0.4, 0.5) is 5.69 Å². The van der Waals surface area contributed by atoms with Crippen LogP contribution in [0, 0.1) is 11.8 Å². The Morgan fingerprint density at radius 3 is 2.53 bits per heavy atom. The zero-order chi connectivity index (χ0) is 24.0. The molecule has 0 aliphatic carbocycles. The maximum absolute atomic E-state index is 13.7. The molecule has 3 heterocycles. The monoisotopic (exact) mass is 461 g/mol. The Balaban J connectivity index is 1.54. The fourth-order valence-electron chi connectivity index (χ4n) is 5.76. The molecule has 3 amide bonds. The summed E-state index contributed by atoms with van der Waals surface area (Å²) in [6.45, 7) is 2.23. The van der Waals surface area contributed by atoms with E-state index >= 15 is 0 Å². The number of aryl methyl sites for hydroxylation is 1. The molecular formula is C26H27N3O5. The van der Waals surface area contributed by atoms with Crippen LogP contribution in [-0.2, 0) is 37.6 Å². The van der Waals surface area contributed by atoms with Gasteiger partial charge in [-0.2, -0.15) is 0 Å². The standard InChI is InChI=1S/C26H27N3O5/c1-2-15-8-9-18-17(14-15)26(25(34)27-18)22-21(19(28-26)10-11-20(30)31)23(32)29(24(22)33)13-12-16-6-4-3-5-7-16/h3-9,14,19,21-22,28H,2,10-13H2,1H3,(H,27,34)(H,30,31)/t19-,21+,22+,26-/m0/s1. The Kier molecular flexibility index (Phi) is 5.48. The number of hydrogen-bond acceptors (Lipinski definition) is 5. The molecule has 5 rings (SSSR count). The summed E-state index contributed by atoms with van der Waals surface area (Å²) in [5.74, 6) is -3.76. The van der Waals surface area contributed by atoms with E-state index in [2.05, 4.69) is 10.6 Å². The van der Waals surface area contributed by atoms with E-state index < -0.39 is 29.4 Å². The van der Waals surface area contributed by atoms with E-state index in [0.717, 1.165) is 17.5 Å². The van der Waals surface area contributed by atoms with Crippen LogP contribution in [0.25, 0.3) is 0 Å². The van der Waals surface area contributed by atoms with Crippen molar-refractivity contribution < 1.29 is 24.3 Å². The molecule has 34 heavy (non-hydrogen) atoms. The summed E-state index contributed by atoms with van der Waals surface area (Å²) < 4.78 is 0. The minimum absolute atomic E-state index is 0.153. The predicted molar refractivity (Wildman–Crippen MR) is 124 cm³/mol. The molecule has 3 N–H and O–H groups in total. The number of anilines is 1. The number of amides is 3. The minimum atomic E-state index is -1.39. The van der Waals surface area contributed by atoms with Gasteiger partial charge in [0.2, 0.25) is 17.7 Å². The van der Waals surface area contributed by atoms with E-state index in [4.69, 9.17) is 0 Å². The molecule has 3 aliphatic rings.